The van der Waals surface area contributed by atoms with E-state index in [0.29, 0.717) is 6.54 Å². The van der Waals surface area contributed by atoms with E-state index in [1.54, 1.807) is 30.1 Å². The van der Waals surface area contributed by atoms with Crippen molar-refractivity contribution in [1.82, 2.24) is 15.6 Å². The Balaban J connectivity index is 1.64. The van der Waals surface area contributed by atoms with E-state index < -0.39 is 0 Å². The molecule has 0 spiro atoms. The highest BCUT2D eigenvalue weighted by Gasteiger charge is 2.01. The summed E-state index contributed by atoms with van der Waals surface area (Å²) in [7, 11) is 1.77. The van der Waals surface area contributed by atoms with Crippen LogP contribution in [0.4, 0.5) is 0 Å². The number of hydrogen-bond donors (Lipinski definition) is 2. The summed E-state index contributed by atoms with van der Waals surface area (Å²) in [5, 5.41) is 9.34. The van der Waals surface area contributed by atoms with Crippen LogP contribution in [0.15, 0.2) is 45.2 Å². The van der Waals surface area contributed by atoms with Crippen molar-refractivity contribution in [1.29, 1.82) is 0 Å². The van der Waals surface area contributed by atoms with E-state index in [1.807, 2.05) is 35.8 Å². The second-order valence-corrected chi connectivity index (χ2v) is 7.09. The SMILES string of the molecule is CN=C(NCCCSc1nccs1)NCc1ccccc1Cl. The Morgan fingerprint density at radius 2 is 2.23 bits per heavy atom. The van der Waals surface area contributed by atoms with Gasteiger partial charge in [0.1, 0.15) is 4.34 Å². The summed E-state index contributed by atoms with van der Waals surface area (Å²) in [6.07, 6.45) is 2.89. The second kappa shape index (κ2) is 9.71. The molecule has 2 aromatic rings. The fourth-order valence-electron chi connectivity index (χ4n) is 1.76. The first-order chi connectivity index (χ1) is 10.8. The molecule has 0 fully saturated rings. The van der Waals surface area contributed by atoms with Gasteiger partial charge in [0, 0.05) is 42.5 Å². The normalized spacial score (nSPS) is 11.5. The first-order valence-corrected chi connectivity index (χ1v) is 9.24. The zero-order chi connectivity index (χ0) is 15.6. The first-order valence-electron chi connectivity index (χ1n) is 7.00. The zero-order valence-electron chi connectivity index (χ0n) is 12.4. The standard InChI is InChI=1S/C15H19ClN4S2/c1-17-14(20-11-12-5-2-3-6-13(12)16)18-7-4-9-21-15-19-8-10-22-15/h2-3,5-6,8,10H,4,7,9,11H2,1H3,(H2,17,18,20). The van der Waals surface area contributed by atoms with Crippen molar-refractivity contribution < 1.29 is 0 Å². The van der Waals surface area contributed by atoms with Gasteiger partial charge in [-0.25, -0.2) is 4.98 Å². The molecule has 22 heavy (non-hydrogen) atoms. The van der Waals surface area contributed by atoms with Gasteiger partial charge in [0.25, 0.3) is 0 Å². The lowest BCUT2D eigenvalue weighted by Crippen LogP contribution is -2.37. The van der Waals surface area contributed by atoms with Crippen LogP contribution in [-0.2, 0) is 6.54 Å². The van der Waals surface area contributed by atoms with Crippen molar-refractivity contribution in [3.05, 3.63) is 46.4 Å². The molecule has 0 aliphatic carbocycles. The predicted octanol–water partition coefficient (Wildman–Crippen LogP) is 3.64. The minimum Gasteiger partial charge on any atom is -0.356 e. The van der Waals surface area contributed by atoms with Crippen LogP contribution in [0.1, 0.15) is 12.0 Å². The van der Waals surface area contributed by atoms with E-state index in [0.717, 1.165) is 39.6 Å². The monoisotopic (exact) mass is 354 g/mol. The number of nitrogens with zero attached hydrogens (tertiary/aromatic N) is 2. The molecular formula is C15H19ClN4S2. The second-order valence-electron chi connectivity index (χ2n) is 4.44. The Morgan fingerprint density at radius 3 is 2.95 bits per heavy atom. The minimum atomic E-state index is 0.660. The number of rotatable bonds is 7. The molecule has 0 atom stereocenters. The third-order valence-electron chi connectivity index (χ3n) is 2.88. The van der Waals surface area contributed by atoms with E-state index in [-0.39, 0.29) is 0 Å². The highest BCUT2D eigenvalue weighted by Crippen LogP contribution is 2.20. The predicted molar refractivity (Wildman–Crippen MR) is 97.1 cm³/mol. The number of benzene rings is 1. The summed E-state index contributed by atoms with van der Waals surface area (Å²) >= 11 is 9.61. The molecule has 1 aromatic carbocycles. The number of thiazole rings is 1. The number of hydrogen-bond acceptors (Lipinski definition) is 4. The molecule has 0 unspecified atom stereocenters. The van der Waals surface area contributed by atoms with Crippen molar-refractivity contribution in [2.45, 2.75) is 17.3 Å². The van der Waals surface area contributed by atoms with Crippen LogP contribution in [0, 0.1) is 0 Å². The largest absolute Gasteiger partial charge is 0.356 e. The molecule has 4 nitrogen and oxygen atoms in total. The number of aliphatic imine (C=N–C) groups is 1. The molecule has 0 bridgehead atoms. The van der Waals surface area contributed by atoms with Crippen LogP contribution in [0.3, 0.4) is 0 Å². The van der Waals surface area contributed by atoms with E-state index in [4.69, 9.17) is 11.6 Å². The third kappa shape index (κ3) is 5.87. The van der Waals surface area contributed by atoms with Crippen molar-refractivity contribution in [3.8, 4) is 0 Å². The first kappa shape index (κ1) is 17.1. The van der Waals surface area contributed by atoms with Gasteiger partial charge >= 0.3 is 0 Å². The molecule has 7 heteroatoms. The van der Waals surface area contributed by atoms with E-state index >= 15 is 0 Å². The number of thioether (sulfide) groups is 1. The smallest absolute Gasteiger partial charge is 0.191 e. The summed E-state index contributed by atoms with van der Waals surface area (Å²) in [4.78, 5) is 8.46. The Kier molecular flexibility index (Phi) is 7.56. The average molecular weight is 355 g/mol. The molecule has 0 radical (unpaired) electrons. The minimum absolute atomic E-state index is 0.660. The molecule has 0 aliphatic rings. The lowest BCUT2D eigenvalue weighted by molar-refractivity contribution is 0.785. The molecule has 0 saturated carbocycles. The fraction of sp³-hybridized carbons (Fsp3) is 0.333. The van der Waals surface area contributed by atoms with E-state index in [2.05, 4.69) is 20.6 Å². The van der Waals surface area contributed by atoms with Gasteiger partial charge in [-0.15, -0.1) is 11.3 Å². The molecule has 0 saturated heterocycles. The molecule has 0 aliphatic heterocycles. The van der Waals surface area contributed by atoms with E-state index in [9.17, 15) is 0 Å². The van der Waals surface area contributed by atoms with E-state index in [1.165, 1.54) is 0 Å². The summed E-state index contributed by atoms with van der Waals surface area (Å²) in [6.45, 7) is 1.54. The quantitative estimate of drug-likeness (QED) is 0.345. The Hall–Kier alpha value is -1.24. The van der Waals surface area contributed by atoms with Crippen LogP contribution in [-0.4, -0.2) is 30.3 Å². The molecule has 2 rings (SSSR count). The number of guanidine groups is 1. The summed E-state index contributed by atoms with van der Waals surface area (Å²) in [5.74, 6) is 1.83. The topological polar surface area (TPSA) is 49.3 Å². The average Bonchev–Trinajstić information content (AvgIpc) is 3.05. The summed E-state index contributed by atoms with van der Waals surface area (Å²) in [6, 6.07) is 7.81. The van der Waals surface area contributed by atoms with Crippen LogP contribution in [0.2, 0.25) is 5.02 Å². The molecule has 118 valence electrons. The van der Waals surface area contributed by atoms with Gasteiger partial charge in [-0.2, -0.15) is 0 Å². The maximum absolute atomic E-state index is 6.14. The molecule has 1 heterocycles. The lowest BCUT2D eigenvalue weighted by Gasteiger charge is -2.12. The van der Waals surface area contributed by atoms with Crippen LogP contribution >= 0.6 is 34.7 Å². The Labute approximate surface area is 144 Å². The maximum atomic E-state index is 6.14. The highest BCUT2D eigenvalue weighted by atomic mass is 35.5. The number of nitrogens with one attached hydrogen (secondary N) is 2. The molecule has 2 N–H and O–H groups in total. The van der Waals surface area contributed by atoms with Gasteiger partial charge in [0.15, 0.2) is 5.96 Å². The zero-order valence-corrected chi connectivity index (χ0v) is 14.8. The van der Waals surface area contributed by atoms with Crippen molar-refractivity contribution >= 4 is 40.7 Å². The van der Waals surface area contributed by atoms with Crippen molar-refractivity contribution in [2.24, 2.45) is 4.99 Å². The summed E-state index contributed by atoms with van der Waals surface area (Å²) in [5.41, 5.74) is 1.06. The molecule has 1 aromatic heterocycles. The van der Waals surface area contributed by atoms with Crippen LogP contribution in [0.5, 0.6) is 0 Å². The molecular weight excluding hydrogens is 336 g/mol. The van der Waals surface area contributed by atoms with Gasteiger partial charge in [-0.3, -0.25) is 4.99 Å². The maximum Gasteiger partial charge on any atom is 0.191 e. The van der Waals surface area contributed by atoms with Gasteiger partial charge < -0.3 is 10.6 Å². The van der Waals surface area contributed by atoms with Gasteiger partial charge in [0.2, 0.25) is 0 Å². The van der Waals surface area contributed by atoms with Crippen molar-refractivity contribution in [3.63, 3.8) is 0 Å². The fourth-order valence-corrected chi connectivity index (χ4v) is 3.61. The Morgan fingerprint density at radius 1 is 1.36 bits per heavy atom. The lowest BCUT2D eigenvalue weighted by atomic mass is 10.2. The van der Waals surface area contributed by atoms with Crippen LogP contribution < -0.4 is 10.6 Å². The number of aromatic nitrogens is 1. The Bertz CT molecular complexity index is 587. The van der Waals surface area contributed by atoms with Crippen molar-refractivity contribution in [2.75, 3.05) is 19.3 Å². The van der Waals surface area contributed by atoms with Gasteiger partial charge in [-0.1, -0.05) is 41.6 Å². The highest BCUT2D eigenvalue weighted by molar-refractivity contribution is 8.00. The summed E-state index contributed by atoms with van der Waals surface area (Å²) < 4.78 is 1.13. The van der Waals surface area contributed by atoms with Gasteiger partial charge in [-0.05, 0) is 18.1 Å². The molecule has 0 amide bonds. The number of halogens is 1. The third-order valence-corrected chi connectivity index (χ3v) is 5.30. The van der Waals surface area contributed by atoms with Gasteiger partial charge in [0.05, 0.1) is 0 Å². The van der Waals surface area contributed by atoms with Crippen LogP contribution in [0.25, 0.3) is 0 Å².